The summed E-state index contributed by atoms with van der Waals surface area (Å²) in [5.41, 5.74) is 0. The maximum Gasteiger partial charge on any atom is 0.315 e. The molecule has 0 spiro atoms. The fraction of sp³-hybridized carbons (Fsp3) is 0.667. The van der Waals surface area contributed by atoms with Crippen LogP contribution in [0, 0.1) is 0 Å². The van der Waals surface area contributed by atoms with Gasteiger partial charge in [-0.2, -0.15) is 0 Å². The lowest BCUT2D eigenvalue weighted by molar-refractivity contribution is 0.123. The lowest BCUT2D eigenvalue weighted by atomic mass is 10.1. The Morgan fingerprint density at radius 1 is 1.33 bits per heavy atom. The van der Waals surface area contributed by atoms with Crippen LogP contribution in [0.5, 0.6) is 0 Å². The highest BCUT2D eigenvalue weighted by Gasteiger charge is 2.20. The first-order chi connectivity index (χ1) is 10.3. The van der Waals surface area contributed by atoms with Gasteiger partial charge in [-0.15, -0.1) is 0 Å². The monoisotopic (exact) mass is 294 g/mol. The van der Waals surface area contributed by atoms with E-state index in [9.17, 15) is 4.79 Å². The summed E-state index contributed by atoms with van der Waals surface area (Å²) in [6.45, 7) is 5.12. The van der Waals surface area contributed by atoms with Crippen LogP contribution in [0.3, 0.4) is 0 Å². The molecule has 1 unspecified atom stereocenters. The zero-order valence-electron chi connectivity index (χ0n) is 12.8. The fourth-order valence-corrected chi connectivity index (χ4v) is 2.65. The summed E-state index contributed by atoms with van der Waals surface area (Å²) in [7, 11) is 1.72. The minimum Gasteiger partial charge on any atom is -0.383 e. The van der Waals surface area contributed by atoms with E-state index < -0.39 is 0 Å². The lowest BCUT2D eigenvalue weighted by Gasteiger charge is -2.32. The van der Waals surface area contributed by atoms with E-state index in [-0.39, 0.29) is 12.1 Å². The number of hydrogen-bond acceptors (Lipinski definition) is 3. The van der Waals surface area contributed by atoms with Gasteiger partial charge in [0, 0.05) is 51.7 Å². The number of nitrogens with zero attached hydrogens (tertiary/aromatic N) is 2. The second kappa shape index (κ2) is 8.69. The molecule has 118 valence electrons. The summed E-state index contributed by atoms with van der Waals surface area (Å²) >= 11 is 0. The number of aromatic nitrogens is 1. The molecule has 6 nitrogen and oxygen atoms in total. The number of piperidine rings is 1. The quantitative estimate of drug-likeness (QED) is 0.785. The first-order valence-electron chi connectivity index (χ1n) is 7.64. The predicted molar refractivity (Wildman–Crippen MR) is 82.3 cm³/mol. The third-order valence-electron chi connectivity index (χ3n) is 3.77. The van der Waals surface area contributed by atoms with Crippen LogP contribution in [0.15, 0.2) is 24.5 Å². The molecule has 6 heteroatoms. The van der Waals surface area contributed by atoms with Crippen molar-refractivity contribution in [1.82, 2.24) is 20.1 Å². The van der Waals surface area contributed by atoms with Gasteiger partial charge >= 0.3 is 6.03 Å². The standard InChI is InChI=1S/C15H26N4O2/c1-21-12-11-19-9-4-5-14(13-19)17-15(20)16-6-10-18-7-2-3-8-18/h2-3,7-8,14H,4-6,9-13H2,1H3,(H2,16,17,20). The molecule has 0 saturated carbocycles. The number of rotatable bonds is 7. The summed E-state index contributed by atoms with van der Waals surface area (Å²) in [6, 6.07) is 4.14. The summed E-state index contributed by atoms with van der Waals surface area (Å²) < 4.78 is 7.15. The van der Waals surface area contributed by atoms with E-state index in [2.05, 4.69) is 15.5 Å². The minimum absolute atomic E-state index is 0.0688. The molecule has 0 aromatic carbocycles. The van der Waals surface area contributed by atoms with Gasteiger partial charge in [0.2, 0.25) is 0 Å². The Labute approximate surface area is 126 Å². The number of amides is 2. The second-order valence-electron chi connectivity index (χ2n) is 5.45. The largest absolute Gasteiger partial charge is 0.383 e. The molecule has 1 aliphatic rings. The molecule has 0 radical (unpaired) electrons. The zero-order chi connectivity index (χ0) is 14.9. The smallest absolute Gasteiger partial charge is 0.315 e. The molecule has 1 aromatic rings. The number of methoxy groups -OCH3 is 1. The van der Waals surface area contributed by atoms with Gasteiger partial charge < -0.3 is 19.9 Å². The second-order valence-corrected chi connectivity index (χ2v) is 5.45. The van der Waals surface area contributed by atoms with Gasteiger partial charge in [0.25, 0.3) is 0 Å². The highest BCUT2D eigenvalue weighted by molar-refractivity contribution is 5.74. The van der Waals surface area contributed by atoms with E-state index in [1.807, 2.05) is 29.1 Å². The van der Waals surface area contributed by atoms with Gasteiger partial charge in [-0.05, 0) is 31.5 Å². The molecule has 1 aromatic heterocycles. The predicted octanol–water partition coefficient (Wildman–Crippen LogP) is 0.898. The Hall–Kier alpha value is -1.53. The normalized spacial score (nSPS) is 19.4. The van der Waals surface area contributed by atoms with Crippen molar-refractivity contribution in [2.75, 3.05) is 39.9 Å². The molecular weight excluding hydrogens is 268 g/mol. The third-order valence-corrected chi connectivity index (χ3v) is 3.77. The number of likely N-dealkylation sites (tertiary alicyclic amines) is 1. The van der Waals surface area contributed by atoms with Crippen molar-refractivity contribution in [3.05, 3.63) is 24.5 Å². The first kappa shape index (κ1) is 15.9. The average molecular weight is 294 g/mol. The maximum atomic E-state index is 11.9. The van der Waals surface area contributed by atoms with Gasteiger partial charge in [-0.3, -0.25) is 4.90 Å². The van der Waals surface area contributed by atoms with E-state index in [0.717, 1.165) is 45.6 Å². The van der Waals surface area contributed by atoms with Crippen LogP contribution in [0.1, 0.15) is 12.8 Å². The van der Waals surface area contributed by atoms with Crippen molar-refractivity contribution < 1.29 is 9.53 Å². The topological polar surface area (TPSA) is 58.5 Å². The summed E-state index contributed by atoms with van der Waals surface area (Å²) in [4.78, 5) is 14.2. The molecule has 1 atom stereocenters. The van der Waals surface area contributed by atoms with Gasteiger partial charge in [0.1, 0.15) is 0 Å². The third kappa shape index (κ3) is 5.77. The highest BCUT2D eigenvalue weighted by atomic mass is 16.5. The molecule has 1 fully saturated rings. The van der Waals surface area contributed by atoms with Crippen LogP contribution in [0.4, 0.5) is 4.79 Å². The SMILES string of the molecule is COCCN1CCCC(NC(=O)NCCn2cccc2)C1. The van der Waals surface area contributed by atoms with E-state index in [1.54, 1.807) is 7.11 Å². The molecule has 2 amide bonds. The number of carbonyl (C=O) groups excluding carboxylic acids is 1. The van der Waals surface area contributed by atoms with Crippen molar-refractivity contribution in [1.29, 1.82) is 0 Å². The van der Waals surface area contributed by atoms with Crippen molar-refractivity contribution >= 4 is 6.03 Å². The Morgan fingerprint density at radius 2 is 2.14 bits per heavy atom. The number of carbonyl (C=O) groups is 1. The average Bonchev–Trinajstić information content (AvgIpc) is 2.99. The van der Waals surface area contributed by atoms with E-state index in [4.69, 9.17) is 4.74 Å². The molecular formula is C15H26N4O2. The molecule has 2 rings (SSSR count). The van der Waals surface area contributed by atoms with Crippen molar-refractivity contribution in [2.24, 2.45) is 0 Å². The van der Waals surface area contributed by atoms with E-state index in [1.165, 1.54) is 0 Å². The molecule has 21 heavy (non-hydrogen) atoms. The van der Waals surface area contributed by atoms with Crippen LogP contribution in [0.25, 0.3) is 0 Å². The lowest BCUT2D eigenvalue weighted by Crippen LogP contribution is -2.51. The van der Waals surface area contributed by atoms with E-state index >= 15 is 0 Å². The summed E-state index contributed by atoms with van der Waals surface area (Å²) in [5.74, 6) is 0. The fourth-order valence-electron chi connectivity index (χ4n) is 2.65. The van der Waals surface area contributed by atoms with Crippen LogP contribution < -0.4 is 10.6 Å². The molecule has 1 aliphatic heterocycles. The number of ether oxygens (including phenoxy) is 1. The van der Waals surface area contributed by atoms with Gasteiger partial charge in [-0.25, -0.2) is 4.79 Å². The van der Waals surface area contributed by atoms with Gasteiger partial charge in [0.05, 0.1) is 6.61 Å². The van der Waals surface area contributed by atoms with Crippen LogP contribution in [0.2, 0.25) is 0 Å². The van der Waals surface area contributed by atoms with Crippen molar-refractivity contribution in [3.8, 4) is 0 Å². The first-order valence-corrected chi connectivity index (χ1v) is 7.64. The molecule has 2 heterocycles. The van der Waals surface area contributed by atoms with Gasteiger partial charge in [0.15, 0.2) is 0 Å². The molecule has 0 bridgehead atoms. The molecule has 1 saturated heterocycles. The van der Waals surface area contributed by atoms with Crippen molar-refractivity contribution in [3.63, 3.8) is 0 Å². The Bertz CT molecular complexity index is 408. The van der Waals surface area contributed by atoms with Crippen LogP contribution in [-0.2, 0) is 11.3 Å². The van der Waals surface area contributed by atoms with Crippen LogP contribution >= 0.6 is 0 Å². The Morgan fingerprint density at radius 3 is 2.90 bits per heavy atom. The van der Waals surface area contributed by atoms with Crippen molar-refractivity contribution in [2.45, 2.75) is 25.4 Å². The number of urea groups is 1. The molecule has 2 N–H and O–H groups in total. The Kier molecular flexibility index (Phi) is 6.56. The van der Waals surface area contributed by atoms with E-state index in [0.29, 0.717) is 6.54 Å². The minimum atomic E-state index is -0.0688. The summed E-state index contributed by atoms with van der Waals surface area (Å²) in [5, 5.41) is 5.98. The number of hydrogen-bond donors (Lipinski definition) is 2. The number of nitrogens with one attached hydrogen (secondary N) is 2. The Balaban J connectivity index is 1.62. The molecule has 0 aliphatic carbocycles. The maximum absolute atomic E-state index is 11.9. The zero-order valence-corrected chi connectivity index (χ0v) is 12.8. The summed E-state index contributed by atoms with van der Waals surface area (Å²) in [6.07, 6.45) is 6.16. The van der Waals surface area contributed by atoms with Gasteiger partial charge in [-0.1, -0.05) is 0 Å². The van der Waals surface area contributed by atoms with Crippen LogP contribution in [-0.4, -0.2) is 61.4 Å². The highest BCUT2D eigenvalue weighted by Crippen LogP contribution is 2.09.